The summed E-state index contributed by atoms with van der Waals surface area (Å²) in [5, 5.41) is 33.2. The van der Waals surface area contributed by atoms with Gasteiger partial charge in [0.25, 0.3) is 0 Å². The molecule has 0 rings (SSSR count). The van der Waals surface area contributed by atoms with Crippen molar-refractivity contribution in [1.82, 2.24) is 5.32 Å². The molecule has 0 aliphatic rings. The second kappa shape index (κ2) is 28.4. The molecule has 5 nitrogen and oxygen atoms in total. The number of carbonyl (C=O) groups excluding carboxylic acids is 1. The Balaban J connectivity index is 3.72. The van der Waals surface area contributed by atoms with Crippen LogP contribution in [-0.2, 0) is 4.79 Å². The van der Waals surface area contributed by atoms with Crippen LogP contribution in [0.4, 0.5) is 0 Å². The van der Waals surface area contributed by atoms with Crippen molar-refractivity contribution in [2.24, 2.45) is 0 Å². The summed E-state index contributed by atoms with van der Waals surface area (Å²) >= 11 is 0. The van der Waals surface area contributed by atoms with Crippen LogP contribution in [-0.4, -0.2) is 46.1 Å². The van der Waals surface area contributed by atoms with E-state index in [4.69, 9.17) is 0 Å². The molecule has 3 atom stereocenters. The Hall–Kier alpha value is -0.650. The Labute approximate surface area is 230 Å². The van der Waals surface area contributed by atoms with Gasteiger partial charge in [-0.2, -0.15) is 0 Å². The first-order chi connectivity index (χ1) is 18.1. The molecular formula is C32H65NO4. The zero-order valence-corrected chi connectivity index (χ0v) is 24.9. The molecule has 0 fully saturated rings. The number of unbranched alkanes of at least 4 members (excludes halogenated alkanes) is 21. The van der Waals surface area contributed by atoms with Crippen LogP contribution in [0.2, 0.25) is 0 Å². The number of aliphatic hydroxyl groups is 3. The standard InChI is InChI=1S/C32H65NO4/c1-3-5-7-9-11-13-15-17-18-20-22-24-26-30(35)32(37)29(28-34)33-31(36)27-25-23-21-19-16-14-12-10-8-6-4-2/h29-30,32,34-35,37H,3-28H2,1-2H3,(H,33,36)/t29-,30-,32+/m0/s1. The molecule has 1 amide bonds. The lowest BCUT2D eigenvalue weighted by Gasteiger charge is -2.26. The molecule has 0 unspecified atom stereocenters. The molecule has 0 aliphatic carbocycles. The first kappa shape index (κ1) is 36.4. The Kier molecular flexibility index (Phi) is 27.9. The monoisotopic (exact) mass is 527 g/mol. The highest BCUT2D eigenvalue weighted by molar-refractivity contribution is 5.76. The SMILES string of the molecule is CCCCCCCCCCCCCC[C@H](O)[C@H](O)[C@H](CO)NC(=O)CCCCCCCCCCCCC. The van der Waals surface area contributed by atoms with E-state index in [1.54, 1.807) is 0 Å². The summed E-state index contributed by atoms with van der Waals surface area (Å²) < 4.78 is 0. The fourth-order valence-electron chi connectivity index (χ4n) is 5.10. The molecule has 5 heteroatoms. The molecule has 0 radical (unpaired) electrons. The number of amides is 1. The second-order valence-corrected chi connectivity index (χ2v) is 11.4. The Morgan fingerprint density at radius 2 is 0.919 bits per heavy atom. The van der Waals surface area contributed by atoms with E-state index >= 15 is 0 Å². The molecule has 0 aromatic carbocycles. The zero-order valence-electron chi connectivity index (χ0n) is 24.9. The van der Waals surface area contributed by atoms with Gasteiger partial charge >= 0.3 is 0 Å². The van der Waals surface area contributed by atoms with Crippen molar-refractivity contribution in [2.75, 3.05) is 6.61 Å². The first-order valence-corrected chi connectivity index (χ1v) is 16.3. The van der Waals surface area contributed by atoms with Crippen LogP contribution in [0, 0.1) is 0 Å². The van der Waals surface area contributed by atoms with Gasteiger partial charge in [-0.3, -0.25) is 4.79 Å². The average Bonchev–Trinajstić information content (AvgIpc) is 2.90. The summed E-state index contributed by atoms with van der Waals surface area (Å²) in [7, 11) is 0. The summed E-state index contributed by atoms with van der Waals surface area (Å²) in [4.78, 5) is 12.3. The van der Waals surface area contributed by atoms with Crippen molar-refractivity contribution >= 4 is 5.91 Å². The molecular weight excluding hydrogens is 462 g/mol. The summed E-state index contributed by atoms with van der Waals surface area (Å²) in [5.74, 6) is -0.147. The van der Waals surface area contributed by atoms with Gasteiger partial charge in [-0.05, 0) is 12.8 Å². The van der Waals surface area contributed by atoms with Crippen LogP contribution >= 0.6 is 0 Å². The topological polar surface area (TPSA) is 89.8 Å². The van der Waals surface area contributed by atoms with Gasteiger partial charge in [-0.25, -0.2) is 0 Å². The molecule has 222 valence electrons. The summed E-state index contributed by atoms with van der Waals surface area (Å²) in [6.45, 7) is 4.14. The number of hydrogen-bond donors (Lipinski definition) is 4. The van der Waals surface area contributed by atoms with E-state index in [9.17, 15) is 20.1 Å². The quantitative estimate of drug-likeness (QED) is 0.0742. The number of hydrogen-bond acceptors (Lipinski definition) is 4. The lowest BCUT2D eigenvalue weighted by molar-refractivity contribution is -0.124. The fraction of sp³-hybridized carbons (Fsp3) is 0.969. The van der Waals surface area contributed by atoms with Gasteiger partial charge in [0.1, 0.15) is 6.10 Å². The molecule has 0 spiro atoms. The van der Waals surface area contributed by atoms with E-state index in [0.29, 0.717) is 12.8 Å². The lowest BCUT2D eigenvalue weighted by Crippen LogP contribution is -2.50. The van der Waals surface area contributed by atoms with Crippen molar-refractivity contribution in [3.8, 4) is 0 Å². The maximum atomic E-state index is 12.3. The van der Waals surface area contributed by atoms with Crippen LogP contribution in [0.25, 0.3) is 0 Å². The summed E-state index contributed by atoms with van der Waals surface area (Å²) in [6.07, 6.45) is 27.5. The summed E-state index contributed by atoms with van der Waals surface area (Å²) in [6, 6.07) is -0.799. The van der Waals surface area contributed by atoms with Gasteiger partial charge in [-0.15, -0.1) is 0 Å². The molecule has 4 N–H and O–H groups in total. The van der Waals surface area contributed by atoms with Crippen LogP contribution in [0.5, 0.6) is 0 Å². The highest BCUT2D eigenvalue weighted by Crippen LogP contribution is 2.15. The van der Waals surface area contributed by atoms with Crippen molar-refractivity contribution in [3.05, 3.63) is 0 Å². The van der Waals surface area contributed by atoms with Crippen molar-refractivity contribution in [1.29, 1.82) is 0 Å². The first-order valence-electron chi connectivity index (χ1n) is 16.3. The minimum atomic E-state index is -1.13. The van der Waals surface area contributed by atoms with Crippen molar-refractivity contribution < 1.29 is 20.1 Å². The highest BCUT2D eigenvalue weighted by atomic mass is 16.3. The maximum Gasteiger partial charge on any atom is 0.220 e. The molecule has 0 aliphatic heterocycles. The molecule has 0 aromatic heterocycles. The Morgan fingerprint density at radius 3 is 1.30 bits per heavy atom. The van der Waals surface area contributed by atoms with Crippen LogP contribution < -0.4 is 5.32 Å². The van der Waals surface area contributed by atoms with Crippen LogP contribution in [0.3, 0.4) is 0 Å². The normalized spacial score (nSPS) is 14.0. The smallest absolute Gasteiger partial charge is 0.220 e. The van der Waals surface area contributed by atoms with Gasteiger partial charge in [-0.1, -0.05) is 155 Å². The fourth-order valence-corrected chi connectivity index (χ4v) is 5.10. The zero-order chi connectivity index (χ0) is 27.4. The minimum Gasteiger partial charge on any atom is -0.394 e. The predicted molar refractivity (Wildman–Crippen MR) is 158 cm³/mol. The number of nitrogens with one attached hydrogen (secondary N) is 1. The van der Waals surface area contributed by atoms with Crippen molar-refractivity contribution in [3.63, 3.8) is 0 Å². The average molecular weight is 528 g/mol. The van der Waals surface area contributed by atoms with E-state index < -0.39 is 18.2 Å². The third kappa shape index (κ3) is 24.1. The lowest BCUT2D eigenvalue weighted by atomic mass is 9.99. The van der Waals surface area contributed by atoms with E-state index in [1.165, 1.54) is 109 Å². The Morgan fingerprint density at radius 1 is 0.568 bits per heavy atom. The molecule has 0 bridgehead atoms. The third-order valence-electron chi connectivity index (χ3n) is 7.71. The van der Waals surface area contributed by atoms with E-state index in [2.05, 4.69) is 19.2 Å². The Bertz CT molecular complexity index is 474. The maximum absolute atomic E-state index is 12.3. The summed E-state index contributed by atoms with van der Waals surface area (Å²) in [5.41, 5.74) is 0. The van der Waals surface area contributed by atoms with Gasteiger partial charge in [0.15, 0.2) is 0 Å². The van der Waals surface area contributed by atoms with Gasteiger partial charge < -0.3 is 20.6 Å². The highest BCUT2D eigenvalue weighted by Gasteiger charge is 2.26. The van der Waals surface area contributed by atoms with Crippen molar-refractivity contribution in [2.45, 2.75) is 193 Å². The van der Waals surface area contributed by atoms with Crippen LogP contribution in [0.1, 0.15) is 174 Å². The molecule has 37 heavy (non-hydrogen) atoms. The van der Waals surface area contributed by atoms with Gasteiger partial charge in [0.05, 0.1) is 18.8 Å². The molecule has 0 heterocycles. The third-order valence-corrected chi connectivity index (χ3v) is 7.71. The predicted octanol–water partition coefficient (Wildman–Crippen LogP) is 7.98. The molecule has 0 saturated heterocycles. The molecule has 0 saturated carbocycles. The van der Waals surface area contributed by atoms with E-state index in [0.717, 1.165) is 38.5 Å². The number of aliphatic hydroxyl groups excluding tert-OH is 3. The molecule has 0 aromatic rings. The number of carbonyl (C=O) groups is 1. The van der Waals surface area contributed by atoms with Crippen LogP contribution in [0.15, 0.2) is 0 Å². The minimum absolute atomic E-state index is 0.147. The van der Waals surface area contributed by atoms with Gasteiger partial charge in [0, 0.05) is 6.42 Å². The largest absolute Gasteiger partial charge is 0.394 e. The van der Waals surface area contributed by atoms with E-state index in [-0.39, 0.29) is 12.5 Å². The van der Waals surface area contributed by atoms with Gasteiger partial charge in [0.2, 0.25) is 5.91 Å². The number of rotatable bonds is 29. The second-order valence-electron chi connectivity index (χ2n) is 11.4. The van der Waals surface area contributed by atoms with E-state index in [1.807, 2.05) is 0 Å².